The number of benzene rings is 2. The molecule has 6 heteroatoms. The first kappa shape index (κ1) is 17.8. The first-order chi connectivity index (χ1) is 12.9. The second-order valence-electron chi connectivity index (χ2n) is 7.19. The van der Waals surface area contributed by atoms with Gasteiger partial charge in [-0.3, -0.25) is 4.79 Å². The van der Waals surface area contributed by atoms with Crippen molar-refractivity contribution in [3.63, 3.8) is 0 Å². The third-order valence-corrected chi connectivity index (χ3v) is 6.75. The Labute approximate surface area is 159 Å². The van der Waals surface area contributed by atoms with Crippen molar-refractivity contribution >= 4 is 26.8 Å². The summed E-state index contributed by atoms with van der Waals surface area (Å²) in [5.41, 5.74) is 4.08. The van der Waals surface area contributed by atoms with Crippen LogP contribution in [0.5, 0.6) is 0 Å². The van der Waals surface area contributed by atoms with E-state index < -0.39 is 21.8 Å². The minimum atomic E-state index is -3.89. The Bertz CT molecular complexity index is 1150. The average Bonchev–Trinajstić information content (AvgIpc) is 3.25. The normalized spacial score (nSPS) is 14.9. The highest BCUT2D eigenvalue weighted by atomic mass is 32.2. The van der Waals surface area contributed by atoms with Crippen molar-refractivity contribution in [3.05, 3.63) is 65.4 Å². The zero-order valence-electron chi connectivity index (χ0n) is 15.4. The molecule has 0 bridgehead atoms. The van der Waals surface area contributed by atoms with E-state index in [1.165, 1.54) is 5.56 Å². The number of rotatable bonds is 4. The SMILES string of the molecule is CC(C(=O)NS(=O)(=O)c1ccc2c(c1)CCC2)c1cn(C)c2ccccc12. The summed E-state index contributed by atoms with van der Waals surface area (Å²) in [5, 5.41) is 0.956. The Balaban J connectivity index is 1.61. The van der Waals surface area contributed by atoms with Crippen LogP contribution in [0.2, 0.25) is 0 Å². The number of para-hydroxylation sites is 1. The van der Waals surface area contributed by atoms with E-state index in [-0.39, 0.29) is 4.90 Å². The van der Waals surface area contributed by atoms with E-state index in [4.69, 9.17) is 0 Å². The van der Waals surface area contributed by atoms with E-state index in [1.807, 2.05) is 48.1 Å². The number of carbonyl (C=O) groups excluding carboxylic acids is 1. The van der Waals surface area contributed by atoms with E-state index in [1.54, 1.807) is 19.1 Å². The summed E-state index contributed by atoms with van der Waals surface area (Å²) in [6.45, 7) is 1.73. The Hall–Kier alpha value is -2.60. The molecule has 1 N–H and O–H groups in total. The van der Waals surface area contributed by atoms with Crippen LogP contribution in [0.4, 0.5) is 0 Å². The molecular weight excluding hydrogens is 360 g/mol. The summed E-state index contributed by atoms with van der Waals surface area (Å²) >= 11 is 0. The summed E-state index contributed by atoms with van der Waals surface area (Å²) in [7, 11) is -1.97. The van der Waals surface area contributed by atoms with Crippen molar-refractivity contribution < 1.29 is 13.2 Å². The van der Waals surface area contributed by atoms with Crippen LogP contribution in [-0.4, -0.2) is 18.9 Å². The number of fused-ring (bicyclic) bond motifs is 2. The summed E-state index contributed by atoms with van der Waals surface area (Å²) in [5.74, 6) is -1.10. The van der Waals surface area contributed by atoms with Crippen LogP contribution in [0.3, 0.4) is 0 Å². The van der Waals surface area contributed by atoms with Gasteiger partial charge in [0.1, 0.15) is 0 Å². The second-order valence-corrected chi connectivity index (χ2v) is 8.87. The maximum absolute atomic E-state index is 12.7. The number of amides is 1. The van der Waals surface area contributed by atoms with Crippen LogP contribution in [-0.2, 0) is 34.7 Å². The number of aromatic nitrogens is 1. The Morgan fingerprint density at radius 3 is 2.67 bits per heavy atom. The standard InChI is InChI=1S/C21H22N2O3S/c1-14(19-13-23(2)20-9-4-3-8-18(19)20)21(24)22-27(25,26)17-11-10-15-6-5-7-16(15)12-17/h3-4,8-14H,5-7H2,1-2H3,(H,22,24). The van der Waals surface area contributed by atoms with Gasteiger partial charge in [-0.05, 0) is 61.1 Å². The van der Waals surface area contributed by atoms with Gasteiger partial charge in [-0.25, -0.2) is 13.1 Å². The fourth-order valence-electron chi connectivity index (χ4n) is 3.85. The minimum Gasteiger partial charge on any atom is -0.350 e. The molecule has 1 heterocycles. The molecule has 1 aromatic heterocycles. The lowest BCUT2D eigenvalue weighted by Gasteiger charge is -2.13. The first-order valence-corrected chi connectivity index (χ1v) is 10.6. The van der Waals surface area contributed by atoms with E-state index in [0.717, 1.165) is 41.3 Å². The largest absolute Gasteiger partial charge is 0.350 e. The smallest absolute Gasteiger partial charge is 0.264 e. The van der Waals surface area contributed by atoms with E-state index in [9.17, 15) is 13.2 Å². The monoisotopic (exact) mass is 382 g/mol. The highest BCUT2D eigenvalue weighted by Crippen LogP contribution is 2.28. The van der Waals surface area contributed by atoms with Gasteiger partial charge in [0.05, 0.1) is 10.8 Å². The van der Waals surface area contributed by atoms with Gasteiger partial charge in [-0.2, -0.15) is 0 Å². The molecule has 0 radical (unpaired) electrons. The fourth-order valence-corrected chi connectivity index (χ4v) is 4.96. The summed E-state index contributed by atoms with van der Waals surface area (Å²) in [6.07, 6.45) is 4.80. The van der Waals surface area contributed by atoms with Crippen molar-refractivity contribution in [2.24, 2.45) is 7.05 Å². The van der Waals surface area contributed by atoms with Crippen molar-refractivity contribution in [1.29, 1.82) is 0 Å². The molecule has 140 valence electrons. The number of nitrogens with zero attached hydrogens (tertiary/aromatic N) is 1. The molecule has 1 amide bonds. The van der Waals surface area contributed by atoms with Gasteiger partial charge in [0.25, 0.3) is 10.0 Å². The zero-order valence-corrected chi connectivity index (χ0v) is 16.2. The molecule has 0 fully saturated rings. The topological polar surface area (TPSA) is 68.2 Å². The van der Waals surface area contributed by atoms with Gasteiger partial charge in [0, 0.05) is 24.1 Å². The number of sulfonamides is 1. The first-order valence-electron chi connectivity index (χ1n) is 9.09. The van der Waals surface area contributed by atoms with E-state index in [2.05, 4.69) is 4.72 Å². The maximum atomic E-state index is 12.7. The van der Waals surface area contributed by atoms with Crippen molar-refractivity contribution in [2.45, 2.75) is 37.0 Å². The lowest BCUT2D eigenvalue weighted by molar-refractivity contribution is -0.120. The Morgan fingerprint density at radius 1 is 1.11 bits per heavy atom. The van der Waals surface area contributed by atoms with Crippen LogP contribution < -0.4 is 4.72 Å². The number of hydrogen-bond acceptors (Lipinski definition) is 3. The number of nitrogens with one attached hydrogen (secondary N) is 1. The van der Waals surface area contributed by atoms with Crippen LogP contribution >= 0.6 is 0 Å². The van der Waals surface area contributed by atoms with E-state index >= 15 is 0 Å². The lowest BCUT2D eigenvalue weighted by Crippen LogP contribution is -2.33. The minimum absolute atomic E-state index is 0.154. The molecular formula is C21H22N2O3S. The number of aryl methyl sites for hydroxylation is 3. The molecule has 0 spiro atoms. The van der Waals surface area contributed by atoms with Crippen molar-refractivity contribution in [1.82, 2.24) is 9.29 Å². The molecule has 0 aliphatic heterocycles. The predicted octanol–water partition coefficient (Wildman–Crippen LogP) is 3.28. The molecule has 27 heavy (non-hydrogen) atoms. The molecule has 2 aromatic carbocycles. The number of hydrogen-bond donors (Lipinski definition) is 1. The molecule has 1 unspecified atom stereocenters. The van der Waals surface area contributed by atoms with Gasteiger partial charge < -0.3 is 4.57 Å². The maximum Gasteiger partial charge on any atom is 0.264 e. The van der Waals surface area contributed by atoms with E-state index in [0.29, 0.717) is 0 Å². The molecule has 3 aromatic rings. The van der Waals surface area contributed by atoms with Crippen molar-refractivity contribution in [2.75, 3.05) is 0 Å². The third kappa shape index (κ3) is 3.14. The molecule has 0 saturated carbocycles. The van der Waals surface area contributed by atoms with Crippen LogP contribution in [0.15, 0.2) is 53.6 Å². The molecule has 4 rings (SSSR count). The molecule has 5 nitrogen and oxygen atoms in total. The summed E-state index contributed by atoms with van der Waals surface area (Å²) < 4.78 is 29.6. The van der Waals surface area contributed by atoms with Gasteiger partial charge in [0.15, 0.2) is 0 Å². The van der Waals surface area contributed by atoms with Crippen molar-refractivity contribution in [3.8, 4) is 0 Å². The predicted molar refractivity (Wildman–Crippen MR) is 105 cm³/mol. The summed E-state index contributed by atoms with van der Waals surface area (Å²) in [4.78, 5) is 12.9. The average molecular weight is 382 g/mol. The molecule has 1 aliphatic rings. The van der Waals surface area contributed by atoms with Crippen LogP contribution in [0, 0.1) is 0 Å². The Morgan fingerprint density at radius 2 is 1.85 bits per heavy atom. The highest BCUT2D eigenvalue weighted by molar-refractivity contribution is 7.90. The van der Waals surface area contributed by atoms with Crippen LogP contribution in [0.25, 0.3) is 10.9 Å². The van der Waals surface area contributed by atoms with Gasteiger partial charge >= 0.3 is 0 Å². The lowest BCUT2D eigenvalue weighted by atomic mass is 10.0. The molecule has 0 saturated heterocycles. The van der Waals surface area contributed by atoms with Gasteiger partial charge in [-0.15, -0.1) is 0 Å². The Kier molecular flexibility index (Phi) is 4.30. The zero-order chi connectivity index (χ0) is 19.2. The second kappa shape index (κ2) is 6.53. The third-order valence-electron chi connectivity index (χ3n) is 5.40. The quantitative estimate of drug-likeness (QED) is 0.753. The van der Waals surface area contributed by atoms with Gasteiger partial charge in [-0.1, -0.05) is 24.3 Å². The van der Waals surface area contributed by atoms with Gasteiger partial charge in [0.2, 0.25) is 5.91 Å². The van der Waals surface area contributed by atoms with Crippen LogP contribution in [0.1, 0.15) is 36.0 Å². The molecule has 1 atom stereocenters. The summed E-state index contributed by atoms with van der Waals surface area (Å²) in [6, 6.07) is 12.9. The fraction of sp³-hybridized carbons (Fsp3) is 0.286. The molecule has 1 aliphatic carbocycles. The highest BCUT2D eigenvalue weighted by Gasteiger charge is 2.26. The number of carbonyl (C=O) groups is 1.